The number of allylic oxidation sites excluding steroid dienone is 1. The molecule has 2 aromatic carbocycles. The molecule has 2 bridgehead atoms. The highest BCUT2D eigenvalue weighted by Crippen LogP contribution is 2.54. The van der Waals surface area contributed by atoms with Crippen molar-refractivity contribution in [2.45, 2.75) is 43.4 Å². The van der Waals surface area contributed by atoms with Crippen LogP contribution >= 0.6 is 12.4 Å². The standard InChI is InChI=1S/C28H25NO.ClH/c1-20-17-26-24(18-25-19-28(26,30-20)27-9-5-6-16-29(25)27)15-12-21-10-13-23(14-11-21)22-7-3-2-4-8-22;/h2-4,7-8,10-11,13-14,17-18,25,27H,1,5-6,9,16,19H2;1H/t25-,27-,28+;/m1./s1. The van der Waals surface area contributed by atoms with E-state index in [1.165, 1.54) is 42.5 Å². The number of hydrogen-bond acceptors (Lipinski definition) is 2. The predicted molar refractivity (Wildman–Crippen MR) is 128 cm³/mol. The van der Waals surface area contributed by atoms with Crippen LogP contribution in [0.3, 0.4) is 0 Å². The van der Waals surface area contributed by atoms with Crippen LogP contribution in [0.5, 0.6) is 0 Å². The smallest absolute Gasteiger partial charge is 0.152 e. The number of benzene rings is 2. The molecule has 0 saturated carbocycles. The van der Waals surface area contributed by atoms with Gasteiger partial charge < -0.3 is 4.74 Å². The van der Waals surface area contributed by atoms with E-state index < -0.39 is 0 Å². The number of nitrogens with zero attached hydrogens (tertiary/aromatic N) is 1. The third-order valence-electron chi connectivity index (χ3n) is 7.08. The molecule has 0 aromatic heterocycles. The fourth-order valence-electron chi connectivity index (χ4n) is 5.78. The van der Waals surface area contributed by atoms with Gasteiger partial charge in [0.2, 0.25) is 0 Å². The van der Waals surface area contributed by atoms with Gasteiger partial charge in [-0.1, -0.05) is 73.4 Å². The lowest BCUT2D eigenvalue weighted by molar-refractivity contribution is 0.0116. The second-order valence-corrected chi connectivity index (χ2v) is 8.81. The minimum absolute atomic E-state index is 0. The van der Waals surface area contributed by atoms with Gasteiger partial charge in [0, 0.05) is 29.2 Å². The van der Waals surface area contributed by atoms with Crippen molar-refractivity contribution in [2.75, 3.05) is 6.54 Å². The highest BCUT2D eigenvalue weighted by Gasteiger charge is 2.60. The van der Waals surface area contributed by atoms with Crippen molar-refractivity contribution < 1.29 is 4.74 Å². The van der Waals surface area contributed by atoms with Gasteiger partial charge >= 0.3 is 0 Å². The van der Waals surface area contributed by atoms with Crippen LogP contribution in [-0.2, 0) is 4.74 Å². The number of halogens is 1. The Morgan fingerprint density at radius 3 is 2.55 bits per heavy atom. The molecule has 4 aliphatic rings. The number of piperidine rings is 1. The average Bonchev–Trinajstić information content (AvgIpc) is 3.27. The monoisotopic (exact) mass is 427 g/mol. The molecule has 2 fully saturated rings. The van der Waals surface area contributed by atoms with Gasteiger partial charge in [-0.15, -0.1) is 12.4 Å². The molecule has 156 valence electrons. The second-order valence-electron chi connectivity index (χ2n) is 8.81. The molecule has 0 radical (unpaired) electrons. The summed E-state index contributed by atoms with van der Waals surface area (Å²) in [6.45, 7) is 5.29. The zero-order valence-electron chi connectivity index (χ0n) is 17.5. The minimum atomic E-state index is -0.224. The number of ether oxygens (including phenoxy) is 1. The normalized spacial score (nSPS) is 28.2. The molecular formula is C28H26ClNO. The van der Waals surface area contributed by atoms with E-state index in [9.17, 15) is 0 Å². The highest BCUT2D eigenvalue weighted by atomic mass is 35.5. The van der Waals surface area contributed by atoms with E-state index in [-0.39, 0.29) is 18.0 Å². The van der Waals surface area contributed by atoms with Gasteiger partial charge in [0.25, 0.3) is 0 Å². The van der Waals surface area contributed by atoms with Crippen LogP contribution in [0, 0.1) is 11.8 Å². The van der Waals surface area contributed by atoms with Crippen molar-refractivity contribution in [1.82, 2.24) is 4.90 Å². The van der Waals surface area contributed by atoms with Crippen LogP contribution in [0.1, 0.15) is 31.2 Å². The molecule has 3 heterocycles. The van der Waals surface area contributed by atoms with Gasteiger partial charge in [-0.2, -0.15) is 0 Å². The molecule has 0 amide bonds. The Hall–Kier alpha value is -2.73. The van der Waals surface area contributed by atoms with Gasteiger partial charge in [0.1, 0.15) is 5.76 Å². The summed E-state index contributed by atoms with van der Waals surface area (Å²) in [5.74, 6) is 7.68. The van der Waals surface area contributed by atoms with Crippen LogP contribution < -0.4 is 0 Å². The maximum absolute atomic E-state index is 6.42. The van der Waals surface area contributed by atoms with E-state index in [0.29, 0.717) is 12.1 Å². The van der Waals surface area contributed by atoms with Gasteiger partial charge in [-0.25, -0.2) is 0 Å². The topological polar surface area (TPSA) is 12.5 Å². The summed E-state index contributed by atoms with van der Waals surface area (Å²) in [5.41, 5.74) is 5.65. The van der Waals surface area contributed by atoms with E-state index in [1.807, 2.05) is 6.07 Å². The summed E-state index contributed by atoms with van der Waals surface area (Å²) in [6.07, 6.45) is 9.32. The Morgan fingerprint density at radius 2 is 1.74 bits per heavy atom. The fraction of sp³-hybridized carbons (Fsp3) is 0.286. The third-order valence-corrected chi connectivity index (χ3v) is 7.08. The molecule has 2 aromatic rings. The van der Waals surface area contributed by atoms with Gasteiger partial charge in [0.15, 0.2) is 5.60 Å². The Kier molecular flexibility index (Phi) is 5.05. The Morgan fingerprint density at radius 1 is 0.968 bits per heavy atom. The molecule has 0 unspecified atom stereocenters. The highest BCUT2D eigenvalue weighted by molar-refractivity contribution is 5.85. The molecule has 1 spiro atoms. The lowest BCUT2D eigenvalue weighted by Crippen LogP contribution is -2.48. The van der Waals surface area contributed by atoms with Crippen molar-refractivity contribution in [3.63, 3.8) is 0 Å². The first-order chi connectivity index (χ1) is 14.7. The molecule has 0 N–H and O–H groups in total. The Bertz CT molecular complexity index is 1140. The van der Waals surface area contributed by atoms with Crippen molar-refractivity contribution in [3.05, 3.63) is 95.8 Å². The summed E-state index contributed by atoms with van der Waals surface area (Å²) in [7, 11) is 0. The van der Waals surface area contributed by atoms with Gasteiger partial charge in [-0.05, 0) is 48.7 Å². The van der Waals surface area contributed by atoms with E-state index in [0.717, 1.165) is 23.3 Å². The summed E-state index contributed by atoms with van der Waals surface area (Å²) in [6, 6.07) is 19.9. The maximum atomic E-state index is 6.42. The van der Waals surface area contributed by atoms with E-state index >= 15 is 0 Å². The van der Waals surface area contributed by atoms with Crippen molar-refractivity contribution >= 4 is 12.4 Å². The van der Waals surface area contributed by atoms with Crippen molar-refractivity contribution in [1.29, 1.82) is 0 Å². The Balaban J connectivity index is 0.00000204. The van der Waals surface area contributed by atoms with Crippen LogP contribution in [-0.4, -0.2) is 29.1 Å². The number of fused-ring (bicyclic) bond motifs is 3. The zero-order chi connectivity index (χ0) is 20.1. The molecule has 3 aliphatic heterocycles. The van der Waals surface area contributed by atoms with Crippen LogP contribution in [0.25, 0.3) is 11.1 Å². The largest absolute Gasteiger partial charge is 0.481 e. The molecule has 2 saturated heterocycles. The maximum Gasteiger partial charge on any atom is 0.152 e. The third kappa shape index (κ3) is 3.24. The summed E-state index contributed by atoms with van der Waals surface area (Å²) in [5, 5.41) is 0. The molecular weight excluding hydrogens is 402 g/mol. The minimum Gasteiger partial charge on any atom is -0.481 e. The summed E-state index contributed by atoms with van der Waals surface area (Å²) in [4.78, 5) is 2.65. The quantitative estimate of drug-likeness (QED) is 0.525. The van der Waals surface area contributed by atoms with Gasteiger partial charge in [-0.3, -0.25) is 4.90 Å². The molecule has 3 atom stereocenters. The molecule has 31 heavy (non-hydrogen) atoms. The van der Waals surface area contributed by atoms with E-state index in [4.69, 9.17) is 4.74 Å². The second kappa shape index (κ2) is 7.75. The number of rotatable bonds is 1. The van der Waals surface area contributed by atoms with E-state index in [2.05, 4.69) is 84.0 Å². The average molecular weight is 428 g/mol. The van der Waals surface area contributed by atoms with E-state index in [1.54, 1.807) is 0 Å². The first-order valence-corrected chi connectivity index (χ1v) is 11.0. The summed E-state index contributed by atoms with van der Waals surface area (Å²) >= 11 is 0. The number of hydrogen-bond donors (Lipinski definition) is 0. The lowest BCUT2D eigenvalue weighted by Gasteiger charge is -2.38. The first-order valence-electron chi connectivity index (χ1n) is 11.0. The molecule has 3 heteroatoms. The van der Waals surface area contributed by atoms with Crippen LogP contribution in [0.2, 0.25) is 0 Å². The molecule has 6 rings (SSSR count). The van der Waals surface area contributed by atoms with Crippen molar-refractivity contribution in [2.24, 2.45) is 0 Å². The van der Waals surface area contributed by atoms with Gasteiger partial charge in [0.05, 0.1) is 6.04 Å². The molecule has 1 aliphatic carbocycles. The zero-order valence-corrected chi connectivity index (χ0v) is 18.3. The molecule has 2 nitrogen and oxygen atoms in total. The fourth-order valence-corrected chi connectivity index (χ4v) is 5.78. The van der Waals surface area contributed by atoms with Crippen LogP contribution in [0.15, 0.2) is 90.2 Å². The SMILES string of the molecule is C=C1C=C2C(C#Cc3ccc(-c4ccccc4)cc3)=C[C@@H]3C[C@@]2(O1)[C@H]1CCCCN31.Cl. The predicted octanol–water partition coefficient (Wildman–Crippen LogP) is 5.90. The summed E-state index contributed by atoms with van der Waals surface area (Å²) < 4.78 is 6.42. The lowest BCUT2D eigenvalue weighted by atomic mass is 9.77. The van der Waals surface area contributed by atoms with Crippen LogP contribution in [0.4, 0.5) is 0 Å². The first kappa shape index (κ1) is 20.2. The van der Waals surface area contributed by atoms with Crippen molar-refractivity contribution in [3.8, 4) is 23.0 Å². The Labute approximate surface area is 190 Å².